The zero-order valence-electron chi connectivity index (χ0n) is 18.7. The number of carbonyl (C=O) groups excluding carboxylic acids is 1. The van der Waals surface area contributed by atoms with Gasteiger partial charge in [-0.1, -0.05) is 12.1 Å². The molecular formula is C24H31F2N5O. The lowest BCUT2D eigenvalue weighted by molar-refractivity contribution is -0.125. The SMILES string of the molecule is CC(C)NC(=O)[C@H]1CN(Cc2cccc(F)c2F)C[C@@H]1c1ccnc(N2CCCCC2)n1. The van der Waals surface area contributed by atoms with Crippen molar-refractivity contribution in [3.63, 3.8) is 0 Å². The lowest BCUT2D eigenvalue weighted by Crippen LogP contribution is -2.38. The van der Waals surface area contributed by atoms with Crippen LogP contribution < -0.4 is 10.2 Å². The summed E-state index contributed by atoms with van der Waals surface area (Å²) in [6.45, 7) is 6.99. The van der Waals surface area contributed by atoms with Crippen LogP contribution in [0.2, 0.25) is 0 Å². The Morgan fingerprint density at radius 3 is 2.69 bits per heavy atom. The van der Waals surface area contributed by atoms with Gasteiger partial charge in [-0.2, -0.15) is 0 Å². The van der Waals surface area contributed by atoms with Crippen molar-refractivity contribution in [3.05, 3.63) is 53.4 Å². The number of benzene rings is 1. The molecule has 0 aliphatic carbocycles. The van der Waals surface area contributed by atoms with Crippen molar-refractivity contribution < 1.29 is 13.6 Å². The minimum Gasteiger partial charge on any atom is -0.354 e. The van der Waals surface area contributed by atoms with Crippen LogP contribution in [-0.4, -0.2) is 53.0 Å². The Bertz CT molecular complexity index is 948. The minimum atomic E-state index is -0.852. The number of piperidine rings is 1. The summed E-state index contributed by atoms with van der Waals surface area (Å²) in [6, 6.07) is 6.12. The van der Waals surface area contributed by atoms with Gasteiger partial charge in [0.1, 0.15) is 0 Å². The zero-order valence-corrected chi connectivity index (χ0v) is 18.7. The van der Waals surface area contributed by atoms with Crippen LogP contribution in [0.3, 0.4) is 0 Å². The van der Waals surface area contributed by atoms with Gasteiger partial charge in [0.2, 0.25) is 11.9 Å². The first-order chi connectivity index (χ1) is 15.4. The van der Waals surface area contributed by atoms with Crippen molar-refractivity contribution in [2.24, 2.45) is 5.92 Å². The van der Waals surface area contributed by atoms with Crippen molar-refractivity contribution in [1.29, 1.82) is 0 Å². The number of likely N-dealkylation sites (tertiary alicyclic amines) is 1. The maximum atomic E-state index is 14.3. The van der Waals surface area contributed by atoms with Crippen LogP contribution in [0.4, 0.5) is 14.7 Å². The number of rotatable bonds is 6. The van der Waals surface area contributed by atoms with E-state index in [2.05, 4.69) is 15.2 Å². The minimum absolute atomic E-state index is 0.0205. The Kier molecular flexibility index (Phi) is 6.98. The molecule has 32 heavy (non-hydrogen) atoms. The van der Waals surface area contributed by atoms with E-state index in [1.807, 2.05) is 24.8 Å². The first kappa shape index (κ1) is 22.6. The Morgan fingerprint density at radius 2 is 1.94 bits per heavy atom. The third-order valence-electron chi connectivity index (χ3n) is 6.27. The van der Waals surface area contributed by atoms with Crippen molar-refractivity contribution in [2.45, 2.75) is 51.6 Å². The molecular weight excluding hydrogens is 412 g/mol. The van der Waals surface area contributed by atoms with Crippen molar-refractivity contribution in [3.8, 4) is 0 Å². The quantitative estimate of drug-likeness (QED) is 0.741. The number of nitrogens with one attached hydrogen (secondary N) is 1. The molecule has 0 saturated carbocycles. The Hall–Kier alpha value is -2.61. The molecule has 0 radical (unpaired) electrons. The Labute approximate surface area is 188 Å². The number of hydrogen-bond donors (Lipinski definition) is 1. The van der Waals surface area contributed by atoms with Gasteiger partial charge in [-0.05, 0) is 45.2 Å². The molecule has 6 nitrogen and oxygen atoms in total. The summed E-state index contributed by atoms with van der Waals surface area (Å²) in [7, 11) is 0. The second-order valence-electron chi connectivity index (χ2n) is 9.11. The molecule has 0 spiro atoms. The molecule has 2 aliphatic rings. The summed E-state index contributed by atoms with van der Waals surface area (Å²) >= 11 is 0. The van der Waals surface area contributed by atoms with Crippen LogP contribution >= 0.6 is 0 Å². The van der Waals surface area contributed by atoms with Gasteiger partial charge >= 0.3 is 0 Å². The summed E-state index contributed by atoms with van der Waals surface area (Å²) in [5.74, 6) is -1.47. The van der Waals surface area contributed by atoms with Gasteiger partial charge in [-0.3, -0.25) is 9.69 Å². The van der Waals surface area contributed by atoms with Crippen LogP contribution in [-0.2, 0) is 11.3 Å². The van der Waals surface area contributed by atoms with Gasteiger partial charge in [0.15, 0.2) is 11.6 Å². The molecule has 4 rings (SSSR count). The van der Waals surface area contributed by atoms with Crippen molar-refractivity contribution in [2.75, 3.05) is 31.1 Å². The number of amides is 1. The monoisotopic (exact) mass is 443 g/mol. The van der Waals surface area contributed by atoms with E-state index >= 15 is 0 Å². The van der Waals surface area contributed by atoms with E-state index in [0.29, 0.717) is 24.6 Å². The second-order valence-corrected chi connectivity index (χ2v) is 9.11. The summed E-state index contributed by atoms with van der Waals surface area (Å²) in [6.07, 6.45) is 5.24. The average Bonchev–Trinajstić information content (AvgIpc) is 3.21. The highest BCUT2D eigenvalue weighted by atomic mass is 19.2. The topological polar surface area (TPSA) is 61.4 Å². The van der Waals surface area contributed by atoms with Crippen LogP contribution in [0, 0.1) is 17.6 Å². The maximum absolute atomic E-state index is 14.3. The summed E-state index contributed by atoms with van der Waals surface area (Å²) in [5, 5.41) is 3.01. The van der Waals surface area contributed by atoms with E-state index in [9.17, 15) is 13.6 Å². The smallest absolute Gasteiger partial charge is 0.225 e. The molecule has 172 valence electrons. The molecule has 2 saturated heterocycles. The number of halogens is 2. The molecule has 2 aromatic rings. The van der Waals surface area contributed by atoms with Gasteiger partial charge in [0, 0.05) is 56.4 Å². The predicted octanol–water partition coefficient (Wildman–Crippen LogP) is 3.49. The number of nitrogens with zero attached hydrogens (tertiary/aromatic N) is 4. The van der Waals surface area contributed by atoms with E-state index in [1.54, 1.807) is 12.3 Å². The molecule has 2 fully saturated rings. The molecule has 1 aromatic heterocycles. The van der Waals surface area contributed by atoms with E-state index in [-0.39, 0.29) is 30.3 Å². The molecule has 2 aliphatic heterocycles. The Morgan fingerprint density at radius 1 is 1.16 bits per heavy atom. The normalized spacial score (nSPS) is 21.8. The largest absolute Gasteiger partial charge is 0.354 e. The predicted molar refractivity (Wildman–Crippen MR) is 119 cm³/mol. The molecule has 0 unspecified atom stereocenters. The van der Waals surface area contributed by atoms with Crippen LogP contribution in [0.1, 0.15) is 50.3 Å². The molecule has 3 heterocycles. The highest BCUT2D eigenvalue weighted by molar-refractivity contribution is 5.80. The third kappa shape index (κ3) is 5.06. The number of hydrogen-bond acceptors (Lipinski definition) is 5. The number of carbonyl (C=O) groups is 1. The van der Waals surface area contributed by atoms with Gasteiger partial charge < -0.3 is 10.2 Å². The zero-order chi connectivity index (χ0) is 22.7. The lowest BCUT2D eigenvalue weighted by atomic mass is 9.91. The summed E-state index contributed by atoms with van der Waals surface area (Å²) < 4.78 is 27.9. The number of aromatic nitrogens is 2. The highest BCUT2D eigenvalue weighted by Gasteiger charge is 2.40. The van der Waals surface area contributed by atoms with E-state index in [0.717, 1.165) is 37.7 Å². The van der Waals surface area contributed by atoms with Gasteiger partial charge in [-0.25, -0.2) is 18.7 Å². The summed E-state index contributed by atoms with van der Waals surface area (Å²) in [5.41, 5.74) is 1.12. The third-order valence-corrected chi connectivity index (χ3v) is 6.27. The molecule has 0 bridgehead atoms. The molecule has 8 heteroatoms. The molecule has 2 atom stereocenters. The fourth-order valence-corrected chi connectivity index (χ4v) is 4.70. The van der Waals surface area contributed by atoms with E-state index in [4.69, 9.17) is 4.98 Å². The number of anilines is 1. The van der Waals surface area contributed by atoms with Gasteiger partial charge in [0.05, 0.1) is 11.6 Å². The van der Waals surface area contributed by atoms with Crippen LogP contribution in [0.15, 0.2) is 30.5 Å². The summed E-state index contributed by atoms with van der Waals surface area (Å²) in [4.78, 5) is 26.5. The molecule has 1 N–H and O–H groups in total. The highest BCUT2D eigenvalue weighted by Crippen LogP contribution is 2.34. The average molecular weight is 444 g/mol. The van der Waals surface area contributed by atoms with Crippen molar-refractivity contribution in [1.82, 2.24) is 20.2 Å². The fraction of sp³-hybridized carbons (Fsp3) is 0.542. The molecule has 1 aromatic carbocycles. The van der Waals surface area contributed by atoms with E-state index < -0.39 is 11.6 Å². The lowest BCUT2D eigenvalue weighted by Gasteiger charge is -2.27. The maximum Gasteiger partial charge on any atom is 0.225 e. The first-order valence-electron chi connectivity index (χ1n) is 11.5. The Balaban J connectivity index is 1.58. The second kappa shape index (κ2) is 9.90. The van der Waals surface area contributed by atoms with Crippen molar-refractivity contribution >= 4 is 11.9 Å². The molecule has 1 amide bonds. The van der Waals surface area contributed by atoms with Crippen LogP contribution in [0.5, 0.6) is 0 Å². The van der Waals surface area contributed by atoms with Crippen LogP contribution in [0.25, 0.3) is 0 Å². The standard InChI is InChI=1S/C24H31F2N5O/c1-16(2)28-23(32)19-15-30(13-17-7-6-8-20(25)22(17)26)14-18(19)21-9-10-27-24(29-21)31-11-4-3-5-12-31/h6-10,16,18-19H,3-5,11-15H2,1-2H3,(H,28,32)/t18-,19-/m0/s1. The van der Waals surface area contributed by atoms with E-state index in [1.165, 1.54) is 12.5 Å². The first-order valence-corrected chi connectivity index (χ1v) is 11.5. The van der Waals surface area contributed by atoms with Gasteiger partial charge in [-0.15, -0.1) is 0 Å². The van der Waals surface area contributed by atoms with Gasteiger partial charge in [0.25, 0.3) is 0 Å². The fourth-order valence-electron chi connectivity index (χ4n) is 4.70.